The van der Waals surface area contributed by atoms with Crippen LogP contribution in [0.4, 0.5) is 5.13 Å². The number of hydrogen-bond acceptors (Lipinski definition) is 10. The smallest absolute Gasteiger partial charge is 0.276 e. The van der Waals surface area contributed by atoms with Gasteiger partial charge in [0.05, 0.1) is 11.7 Å². The third-order valence-electron chi connectivity index (χ3n) is 6.66. The number of rotatable bonds is 9. The number of hydrogen-bond donors (Lipinski definition) is 2. The quantitative estimate of drug-likeness (QED) is 0.143. The number of allylic oxidation sites excluding steroid dienone is 2. The number of aromatic nitrogens is 2. The number of fused-ring (bicyclic) bond motifs is 2. The molecule has 0 unspecified atom stereocenters. The van der Waals surface area contributed by atoms with Crippen LogP contribution in [0.5, 0.6) is 0 Å². The van der Waals surface area contributed by atoms with E-state index in [1.165, 1.54) is 35.0 Å². The van der Waals surface area contributed by atoms with Crippen LogP contribution in [0.2, 0.25) is 0 Å². The summed E-state index contributed by atoms with van der Waals surface area (Å²) in [7, 11) is 1.29. The van der Waals surface area contributed by atoms with Gasteiger partial charge in [-0.2, -0.15) is 4.57 Å². The lowest BCUT2D eigenvalue weighted by atomic mass is 10.0. The highest BCUT2D eigenvalue weighted by atomic mass is 32.2. The molecule has 2 aromatic heterocycles. The van der Waals surface area contributed by atoms with Gasteiger partial charge in [0.15, 0.2) is 29.3 Å². The molecule has 0 saturated carbocycles. The number of aryl methyl sites for hydroxylation is 1. The highest BCUT2D eigenvalue weighted by Crippen LogP contribution is 2.41. The molecule has 2 amide bonds. The molecule has 5 rings (SSSR count). The molecule has 0 radical (unpaired) electrons. The molecule has 11 nitrogen and oxygen atoms in total. The van der Waals surface area contributed by atoms with Crippen LogP contribution >= 0.6 is 23.1 Å². The number of anilines is 1. The Labute approximate surface area is 227 Å². The zero-order valence-electron chi connectivity index (χ0n) is 20.6. The number of nitrogen functional groups attached to an aromatic ring is 1. The fourth-order valence-electron chi connectivity index (χ4n) is 4.93. The summed E-state index contributed by atoms with van der Waals surface area (Å²) in [5.74, 6) is -2.22. The molecule has 198 valence electrons. The Kier molecular flexibility index (Phi) is 7.47. The molecule has 3 aliphatic rings. The maximum absolute atomic E-state index is 13.0. The Balaban J connectivity index is 1.26. The first-order valence-electron chi connectivity index (χ1n) is 12.1. The number of carbonyl (C=O) groups is 3. The summed E-state index contributed by atoms with van der Waals surface area (Å²) in [6, 6.07) is 3.29. The molecule has 38 heavy (non-hydrogen) atoms. The zero-order valence-corrected chi connectivity index (χ0v) is 22.2. The molecule has 13 heteroatoms. The lowest BCUT2D eigenvalue weighted by molar-refractivity contribution is -0.694. The van der Waals surface area contributed by atoms with Gasteiger partial charge >= 0.3 is 0 Å². The van der Waals surface area contributed by atoms with E-state index in [1.54, 1.807) is 5.38 Å². The summed E-state index contributed by atoms with van der Waals surface area (Å²) in [6.07, 6.45) is 9.71. The van der Waals surface area contributed by atoms with Crippen LogP contribution in [0.25, 0.3) is 0 Å². The third kappa shape index (κ3) is 4.90. The Bertz CT molecular complexity index is 1380. The van der Waals surface area contributed by atoms with Crippen LogP contribution in [-0.4, -0.2) is 57.7 Å². The standard InChI is InChI=1S/C25H26N6O5S2/c1-36-29-18(16-13-38-25(26)27-16)21(32)28-19-22(33)31-20(24(34)35)15(12-37-23(19)31)6-2-3-10-30-11-5-8-14-7-4-9-17(14)30/h2-3,5,8,11,13,19,23H,4,6-7,9-10,12H2,1H3,(H3-,26,27,28,32,34,35)/b3-2+,29-18-/t19-,23-/m1/s1. The van der Waals surface area contributed by atoms with E-state index in [0.717, 1.165) is 30.6 Å². The van der Waals surface area contributed by atoms with Gasteiger partial charge in [-0.25, -0.2) is 4.98 Å². The van der Waals surface area contributed by atoms with E-state index < -0.39 is 29.2 Å². The van der Waals surface area contributed by atoms with E-state index in [0.29, 0.717) is 24.3 Å². The van der Waals surface area contributed by atoms with Gasteiger partial charge in [0.2, 0.25) is 0 Å². The highest BCUT2D eigenvalue weighted by molar-refractivity contribution is 8.00. The van der Waals surface area contributed by atoms with Gasteiger partial charge in [-0.3, -0.25) is 14.5 Å². The normalized spacial score (nSPS) is 20.8. The molecular formula is C25H26N6O5S2. The summed E-state index contributed by atoms with van der Waals surface area (Å²) >= 11 is 2.52. The third-order valence-corrected chi connectivity index (χ3v) is 8.68. The van der Waals surface area contributed by atoms with Gasteiger partial charge in [0.1, 0.15) is 24.2 Å². The number of nitrogens with two attached hydrogens (primary N) is 1. The lowest BCUT2D eigenvalue weighted by Gasteiger charge is -2.50. The summed E-state index contributed by atoms with van der Waals surface area (Å²) in [5.41, 5.74) is 8.95. The number of thiazole rings is 1. The number of oxime groups is 1. The molecule has 0 spiro atoms. The average molecular weight is 555 g/mol. The highest BCUT2D eigenvalue weighted by Gasteiger charge is 2.53. The van der Waals surface area contributed by atoms with E-state index >= 15 is 0 Å². The topological polar surface area (TPSA) is 154 Å². The number of amides is 2. The summed E-state index contributed by atoms with van der Waals surface area (Å²) in [5, 5.41) is 19.6. The molecule has 0 aromatic carbocycles. The lowest BCUT2D eigenvalue weighted by Crippen LogP contribution is -2.71. The summed E-state index contributed by atoms with van der Waals surface area (Å²) in [4.78, 5) is 47.9. The predicted octanol–water partition coefficient (Wildman–Crippen LogP) is -0.0976. The van der Waals surface area contributed by atoms with Crippen molar-refractivity contribution in [2.24, 2.45) is 5.16 Å². The first kappa shape index (κ1) is 25.9. The zero-order chi connectivity index (χ0) is 26.8. The minimum Gasteiger partial charge on any atom is -0.543 e. The SMILES string of the molecule is CO/N=C(\C(=O)N[C@@H]1C(=O)N2C(C(=O)[O-])=C(C/C=C/C[n+]3cccc4c3CCC4)CS[C@H]12)c1csc(N)n1. The Morgan fingerprint density at radius 3 is 2.97 bits per heavy atom. The van der Waals surface area contributed by atoms with E-state index in [1.807, 2.05) is 18.2 Å². The number of thioether (sulfide) groups is 1. The molecule has 1 saturated heterocycles. The monoisotopic (exact) mass is 554 g/mol. The van der Waals surface area contributed by atoms with Crippen molar-refractivity contribution in [1.29, 1.82) is 0 Å². The first-order chi connectivity index (χ1) is 18.4. The molecule has 2 aromatic rings. The number of carbonyl (C=O) groups excluding carboxylic acids is 3. The van der Waals surface area contributed by atoms with Crippen molar-refractivity contribution in [3.8, 4) is 0 Å². The Hall–Kier alpha value is -3.71. The van der Waals surface area contributed by atoms with E-state index in [9.17, 15) is 19.5 Å². The molecule has 1 aliphatic carbocycles. The van der Waals surface area contributed by atoms with Crippen molar-refractivity contribution in [1.82, 2.24) is 15.2 Å². The second kappa shape index (κ2) is 11.0. The van der Waals surface area contributed by atoms with Gasteiger partial charge in [-0.1, -0.05) is 11.2 Å². The second-order valence-corrected chi connectivity index (χ2v) is 11.0. The van der Waals surface area contributed by atoms with Crippen LogP contribution in [0.15, 0.2) is 52.3 Å². The number of aliphatic carboxylic acids is 1. The van der Waals surface area contributed by atoms with E-state index in [4.69, 9.17) is 10.6 Å². The molecule has 1 fully saturated rings. The van der Waals surface area contributed by atoms with Gasteiger partial charge in [0, 0.05) is 29.2 Å². The second-order valence-electron chi connectivity index (χ2n) is 8.96. The van der Waals surface area contributed by atoms with Gasteiger partial charge < -0.3 is 25.8 Å². The van der Waals surface area contributed by atoms with Crippen molar-refractivity contribution in [3.63, 3.8) is 0 Å². The largest absolute Gasteiger partial charge is 0.543 e. The minimum atomic E-state index is -1.41. The van der Waals surface area contributed by atoms with Crippen LogP contribution < -0.4 is 20.7 Å². The summed E-state index contributed by atoms with van der Waals surface area (Å²) < 4.78 is 2.21. The number of pyridine rings is 1. The minimum absolute atomic E-state index is 0.125. The van der Waals surface area contributed by atoms with Crippen LogP contribution in [0.3, 0.4) is 0 Å². The van der Waals surface area contributed by atoms with Gasteiger partial charge in [-0.15, -0.1) is 23.1 Å². The summed E-state index contributed by atoms with van der Waals surface area (Å²) in [6.45, 7) is 0.694. The van der Waals surface area contributed by atoms with Crippen molar-refractivity contribution in [2.45, 2.75) is 43.6 Å². The van der Waals surface area contributed by atoms with E-state index in [-0.39, 0.29) is 22.2 Å². The Morgan fingerprint density at radius 1 is 1.39 bits per heavy atom. The van der Waals surface area contributed by atoms with Crippen molar-refractivity contribution in [2.75, 3.05) is 18.6 Å². The maximum Gasteiger partial charge on any atom is 0.276 e. The fourth-order valence-corrected chi connectivity index (χ4v) is 6.84. The molecule has 3 N–H and O–H groups in total. The van der Waals surface area contributed by atoms with Crippen molar-refractivity contribution in [3.05, 3.63) is 64.1 Å². The van der Waals surface area contributed by atoms with E-state index in [2.05, 4.69) is 32.3 Å². The molecular weight excluding hydrogens is 528 g/mol. The Morgan fingerprint density at radius 2 is 2.24 bits per heavy atom. The molecule has 4 heterocycles. The van der Waals surface area contributed by atoms with Crippen LogP contribution in [0.1, 0.15) is 29.8 Å². The van der Waals surface area contributed by atoms with Gasteiger partial charge in [0.25, 0.3) is 11.8 Å². The number of nitrogens with one attached hydrogen (secondary N) is 1. The van der Waals surface area contributed by atoms with Crippen molar-refractivity contribution < 1.29 is 28.9 Å². The maximum atomic E-state index is 13.0. The number of carboxylic acids is 1. The number of carboxylic acid groups (broad SMARTS) is 1. The van der Waals surface area contributed by atoms with Gasteiger partial charge in [-0.05, 0) is 37.0 Å². The number of β-lactam (4-membered cyclic amide) rings is 1. The first-order valence-corrected chi connectivity index (χ1v) is 14.0. The number of nitrogens with zero attached hydrogens (tertiary/aromatic N) is 4. The predicted molar refractivity (Wildman–Crippen MR) is 140 cm³/mol. The molecule has 0 bridgehead atoms. The molecule has 2 atom stereocenters. The molecule has 2 aliphatic heterocycles. The van der Waals surface area contributed by atoms with Crippen molar-refractivity contribution >= 4 is 51.7 Å². The van der Waals surface area contributed by atoms with Crippen LogP contribution in [0, 0.1) is 0 Å². The fraction of sp³-hybridized carbons (Fsp3) is 0.360. The van der Waals surface area contributed by atoms with Crippen LogP contribution in [-0.2, 0) is 38.6 Å². The average Bonchev–Trinajstić information content (AvgIpc) is 3.56.